The summed E-state index contributed by atoms with van der Waals surface area (Å²) in [5, 5.41) is 4.46. The summed E-state index contributed by atoms with van der Waals surface area (Å²) in [6, 6.07) is 1.91. The summed E-state index contributed by atoms with van der Waals surface area (Å²) in [6.07, 6.45) is 3.48. The Morgan fingerprint density at radius 3 is 2.74 bits per heavy atom. The maximum atomic E-state index is 6.16. The van der Waals surface area contributed by atoms with E-state index < -0.39 is 0 Å². The molecule has 0 radical (unpaired) electrons. The van der Waals surface area contributed by atoms with Crippen LogP contribution in [0.2, 0.25) is 5.02 Å². The van der Waals surface area contributed by atoms with Gasteiger partial charge in [0.25, 0.3) is 0 Å². The standard InChI is InChI=1S/C13H15ClN4S/c1-8-5-16-6-11(14)10(8)7-19-13-17-9(2)4-12(15-3)18-13/h4-6H,7H2,1-3H3,(H,15,17,18). The number of aryl methyl sites for hydroxylation is 2. The number of halogens is 1. The van der Waals surface area contributed by atoms with E-state index in [1.807, 2.05) is 33.2 Å². The number of anilines is 1. The van der Waals surface area contributed by atoms with Crippen LogP contribution in [-0.2, 0) is 5.75 Å². The van der Waals surface area contributed by atoms with Crippen molar-refractivity contribution >= 4 is 29.2 Å². The molecule has 0 unspecified atom stereocenters. The minimum absolute atomic E-state index is 0.689. The van der Waals surface area contributed by atoms with Crippen LogP contribution in [0.1, 0.15) is 16.8 Å². The van der Waals surface area contributed by atoms with Gasteiger partial charge in [0.1, 0.15) is 5.82 Å². The summed E-state index contributed by atoms with van der Waals surface area (Å²) < 4.78 is 0. The number of hydrogen-bond donors (Lipinski definition) is 1. The Labute approximate surface area is 122 Å². The first-order valence-corrected chi connectivity index (χ1v) is 7.21. The van der Waals surface area contributed by atoms with Crippen molar-refractivity contribution in [2.45, 2.75) is 24.8 Å². The lowest BCUT2D eigenvalue weighted by molar-refractivity contribution is 0.934. The lowest BCUT2D eigenvalue weighted by Crippen LogP contribution is -1.98. The molecule has 2 aromatic rings. The summed E-state index contributed by atoms with van der Waals surface area (Å²) in [7, 11) is 1.85. The first-order valence-electron chi connectivity index (χ1n) is 5.85. The number of pyridine rings is 1. The highest BCUT2D eigenvalue weighted by Crippen LogP contribution is 2.27. The number of thioether (sulfide) groups is 1. The second kappa shape index (κ2) is 6.21. The normalized spacial score (nSPS) is 10.5. The topological polar surface area (TPSA) is 50.7 Å². The van der Waals surface area contributed by atoms with E-state index in [1.54, 1.807) is 18.0 Å². The molecule has 0 bridgehead atoms. The average molecular weight is 295 g/mol. The molecule has 0 amide bonds. The van der Waals surface area contributed by atoms with Gasteiger partial charge < -0.3 is 5.32 Å². The van der Waals surface area contributed by atoms with Gasteiger partial charge in [0.15, 0.2) is 5.16 Å². The van der Waals surface area contributed by atoms with E-state index in [0.29, 0.717) is 5.02 Å². The zero-order valence-electron chi connectivity index (χ0n) is 11.1. The SMILES string of the molecule is CNc1cc(C)nc(SCc2c(C)cncc2Cl)n1. The Balaban J connectivity index is 2.16. The van der Waals surface area contributed by atoms with Crippen molar-refractivity contribution in [3.63, 3.8) is 0 Å². The van der Waals surface area contributed by atoms with E-state index in [0.717, 1.165) is 33.5 Å². The molecular weight excluding hydrogens is 280 g/mol. The predicted octanol–water partition coefficient (Wildman–Crippen LogP) is 3.48. The van der Waals surface area contributed by atoms with Gasteiger partial charge >= 0.3 is 0 Å². The van der Waals surface area contributed by atoms with Crippen LogP contribution < -0.4 is 5.32 Å². The van der Waals surface area contributed by atoms with Crippen LogP contribution in [0, 0.1) is 13.8 Å². The second-order valence-electron chi connectivity index (χ2n) is 4.13. The van der Waals surface area contributed by atoms with Crippen LogP contribution in [0.5, 0.6) is 0 Å². The second-order valence-corrected chi connectivity index (χ2v) is 5.48. The molecule has 2 rings (SSSR count). The van der Waals surface area contributed by atoms with Crippen LogP contribution >= 0.6 is 23.4 Å². The van der Waals surface area contributed by atoms with Crippen LogP contribution in [0.4, 0.5) is 5.82 Å². The fourth-order valence-corrected chi connectivity index (χ4v) is 2.99. The largest absolute Gasteiger partial charge is 0.373 e. The molecule has 0 atom stereocenters. The van der Waals surface area contributed by atoms with Crippen molar-refractivity contribution in [1.29, 1.82) is 0 Å². The summed E-state index contributed by atoms with van der Waals surface area (Å²) in [5.74, 6) is 1.56. The molecule has 0 aliphatic rings. The smallest absolute Gasteiger partial charge is 0.190 e. The Kier molecular flexibility index (Phi) is 4.61. The van der Waals surface area contributed by atoms with E-state index in [2.05, 4.69) is 20.3 Å². The minimum Gasteiger partial charge on any atom is -0.373 e. The van der Waals surface area contributed by atoms with E-state index in [1.165, 1.54) is 0 Å². The number of nitrogens with one attached hydrogen (secondary N) is 1. The third-order valence-electron chi connectivity index (χ3n) is 2.66. The highest BCUT2D eigenvalue weighted by Gasteiger charge is 2.08. The monoisotopic (exact) mass is 294 g/mol. The minimum atomic E-state index is 0.689. The van der Waals surface area contributed by atoms with E-state index in [4.69, 9.17) is 11.6 Å². The summed E-state index contributed by atoms with van der Waals surface area (Å²) in [6.45, 7) is 3.96. The van der Waals surface area contributed by atoms with Gasteiger partial charge in [0.05, 0.1) is 5.02 Å². The lowest BCUT2D eigenvalue weighted by Gasteiger charge is -2.08. The fraction of sp³-hybridized carbons (Fsp3) is 0.308. The molecule has 2 aromatic heterocycles. The highest BCUT2D eigenvalue weighted by molar-refractivity contribution is 7.98. The van der Waals surface area contributed by atoms with Gasteiger partial charge in [-0.2, -0.15) is 0 Å². The molecule has 0 aliphatic heterocycles. The Morgan fingerprint density at radius 1 is 1.26 bits per heavy atom. The molecule has 0 saturated heterocycles. The quantitative estimate of drug-likeness (QED) is 0.691. The molecular formula is C13H15ClN4S. The van der Waals surface area contributed by atoms with Crippen LogP contribution in [0.25, 0.3) is 0 Å². The predicted molar refractivity (Wildman–Crippen MR) is 79.9 cm³/mol. The third-order valence-corrected chi connectivity index (χ3v) is 3.86. The maximum Gasteiger partial charge on any atom is 0.190 e. The number of aromatic nitrogens is 3. The zero-order valence-corrected chi connectivity index (χ0v) is 12.6. The van der Waals surface area contributed by atoms with Gasteiger partial charge in [-0.15, -0.1) is 0 Å². The van der Waals surface area contributed by atoms with Gasteiger partial charge in [0, 0.05) is 37.0 Å². The number of rotatable bonds is 4. The van der Waals surface area contributed by atoms with Crippen LogP contribution in [0.3, 0.4) is 0 Å². The molecule has 4 nitrogen and oxygen atoms in total. The maximum absolute atomic E-state index is 6.16. The first kappa shape index (κ1) is 14.1. The molecule has 19 heavy (non-hydrogen) atoms. The van der Waals surface area contributed by atoms with Crippen molar-refractivity contribution in [3.05, 3.63) is 40.3 Å². The van der Waals surface area contributed by atoms with Crippen molar-refractivity contribution in [1.82, 2.24) is 15.0 Å². The molecule has 100 valence electrons. The van der Waals surface area contributed by atoms with Crippen LogP contribution in [0.15, 0.2) is 23.6 Å². The van der Waals surface area contributed by atoms with E-state index in [9.17, 15) is 0 Å². The van der Waals surface area contributed by atoms with Gasteiger partial charge in [-0.25, -0.2) is 9.97 Å². The summed E-state index contributed by atoms with van der Waals surface area (Å²) >= 11 is 7.73. The van der Waals surface area contributed by atoms with Gasteiger partial charge in [0.2, 0.25) is 0 Å². The van der Waals surface area contributed by atoms with Gasteiger partial charge in [-0.05, 0) is 25.0 Å². The fourth-order valence-electron chi connectivity index (χ4n) is 1.61. The molecule has 6 heteroatoms. The summed E-state index contributed by atoms with van der Waals surface area (Å²) in [4.78, 5) is 12.9. The Morgan fingerprint density at radius 2 is 2.05 bits per heavy atom. The van der Waals surface area contributed by atoms with E-state index >= 15 is 0 Å². The highest BCUT2D eigenvalue weighted by atomic mass is 35.5. The molecule has 0 fully saturated rings. The van der Waals surface area contributed by atoms with Gasteiger partial charge in [-0.1, -0.05) is 23.4 Å². The molecule has 2 heterocycles. The third kappa shape index (κ3) is 3.58. The Hall–Kier alpha value is -1.33. The molecule has 0 spiro atoms. The van der Waals surface area contributed by atoms with Crippen molar-refractivity contribution < 1.29 is 0 Å². The number of hydrogen-bond acceptors (Lipinski definition) is 5. The van der Waals surface area contributed by atoms with Gasteiger partial charge in [-0.3, -0.25) is 4.98 Å². The first-order chi connectivity index (χ1) is 9.10. The molecule has 1 N–H and O–H groups in total. The van der Waals surface area contributed by atoms with Crippen molar-refractivity contribution in [2.24, 2.45) is 0 Å². The van der Waals surface area contributed by atoms with Crippen molar-refractivity contribution in [2.75, 3.05) is 12.4 Å². The lowest BCUT2D eigenvalue weighted by atomic mass is 10.2. The average Bonchev–Trinajstić information content (AvgIpc) is 2.37. The molecule has 0 aromatic carbocycles. The molecule has 0 saturated carbocycles. The van der Waals surface area contributed by atoms with Crippen LogP contribution in [-0.4, -0.2) is 22.0 Å². The summed E-state index contributed by atoms with van der Waals surface area (Å²) in [5.41, 5.74) is 3.11. The Bertz CT molecular complexity index is 569. The zero-order chi connectivity index (χ0) is 13.8. The van der Waals surface area contributed by atoms with Crippen molar-refractivity contribution in [3.8, 4) is 0 Å². The number of nitrogens with zero attached hydrogens (tertiary/aromatic N) is 3. The molecule has 0 aliphatic carbocycles. The van der Waals surface area contributed by atoms with E-state index in [-0.39, 0.29) is 0 Å².